The van der Waals surface area contributed by atoms with Crippen LogP contribution in [0, 0.1) is 12.8 Å². The van der Waals surface area contributed by atoms with Gasteiger partial charge >= 0.3 is 0 Å². The van der Waals surface area contributed by atoms with E-state index < -0.39 is 0 Å². The molecular formula is C24H29ClN4O3S. The molecule has 0 fully saturated rings. The zero-order valence-corrected chi connectivity index (χ0v) is 21.0. The van der Waals surface area contributed by atoms with Crippen molar-refractivity contribution in [2.45, 2.75) is 45.5 Å². The highest BCUT2D eigenvalue weighted by Crippen LogP contribution is 2.27. The van der Waals surface area contributed by atoms with Crippen LogP contribution in [0.15, 0.2) is 47.6 Å². The van der Waals surface area contributed by atoms with Gasteiger partial charge in [0, 0.05) is 17.3 Å². The normalized spacial score (nSPS) is 12.0. The molecule has 0 saturated carbocycles. The summed E-state index contributed by atoms with van der Waals surface area (Å²) in [6, 6.07) is 12.9. The highest BCUT2D eigenvalue weighted by atomic mass is 35.5. The molecule has 33 heavy (non-hydrogen) atoms. The number of nitrogens with zero attached hydrogens (tertiary/aromatic N) is 3. The molecule has 1 unspecified atom stereocenters. The number of nitrogens with one attached hydrogen (secondary N) is 1. The number of carbonyl (C=O) groups is 1. The van der Waals surface area contributed by atoms with E-state index in [9.17, 15) is 4.79 Å². The van der Waals surface area contributed by atoms with Crippen LogP contribution in [0.2, 0.25) is 5.02 Å². The van der Waals surface area contributed by atoms with Gasteiger partial charge in [-0.1, -0.05) is 43.3 Å². The van der Waals surface area contributed by atoms with Gasteiger partial charge in [0.25, 0.3) is 0 Å². The maximum Gasteiger partial charge on any atom is 0.234 e. The van der Waals surface area contributed by atoms with Gasteiger partial charge in [-0.05, 0) is 61.7 Å². The van der Waals surface area contributed by atoms with Gasteiger partial charge in [0.2, 0.25) is 5.91 Å². The molecule has 1 aromatic heterocycles. The molecule has 9 heteroatoms. The monoisotopic (exact) mass is 488 g/mol. The second-order valence-corrected chi connectivity index (χ2v) is 9.38. The highest BCUT2D eigenvalue weighted by molar-refractivity contribution is 7.99. The van der Waals surface area contributed by atoms with Crippen LogP contribution in [0.4, 0.5) is 5.69 Å². The molecule has 176 valence electrons. The van der Waals surface area contributed by atoms with Crippen LogP contribution >= 0.6 is 23.4 Å². The maximum absolute atomic E-state index is 12.5. The second kappa shape index (κ2) is 11.4. The largest absolute Gasteiger partial charge is 0.497 e. The van der Waals surface area contributed by atoms with Gasteiger partial charge in [0.05, 0.1) is 12.9 Å². The summed E-state index contributed by atoms with van der Waals surface area (Å²) in [6.45, 7) is 8.79. The molecule has 2 aromatic carbocycles. The van der Waals surface area contributed by atoms with Crippen molar-refractivity contribution in [3.63, 3.8) is 0 Å². The lowest BCUT2D eigenvalue weighted by atomic mass is 10.2. The Hall–Kier alpha value is -2.71. The number of hydrogen-bond acceptors (Lipinski definition) is 6. The summed E-state index contributed by atoms with van der Waals surface area (Å²) in [5.41, 5.74) is 1.55. The third-order valence-corrected chi connectivity index (χ3v) is 6.28. The Morgan fingerprint density at radius 1 is 1.12 bits per heavy atom. The molecule has 0 saturated heterocycles. The Balaban J connectivity index is 1.70. The minimum atomic E-state index is -0.318. The quantitative estimate of drug-likeness (QED) is 0.365. The van der Waals surface area contributed by atoms with Crippen molar-refractivity contribution >= 4 is 35.0 Å². The smallest absolute Gasteiger partial charge is 0.234 e. The first-order chi connectivity index (χ1) is 15.8. The SMILES string of the molecule is COc1ccc(OC(C)c2nnc(SCC(=O)Nc3cccc(Cl)c3C)n2CC(C)C)cc1. The zero-order valence-electron chi connectivity index (χ0n) is 19.5. The molecule has 0 spiro atoms. The molecule has 1 atom stereocenters. The van der Waals surface area contributed by atoms with Crippen LogP contribution in [0.25, 0.3) is 0 Å². The third kappa shape index (κ3) is 6.65. The van der Waals surface area contributed by atoms with Crippen LogP contribution in [0.3, 0.4) is 0 Å². The predicted octanol–water partition coefficient (Wildman–Crippen LogP) is 5.78. The summed E-state index contributed by atoms with van der Waals surface area (Å²) in [5, 5.41) is 12.9. The van der Waals surface area contributed by atoms with Gasteiger partial charge < -0.3 is 19.4 Å². The lowest BCUT2D eigenvalue weighted by Crippen LogP contribution is -2.17. The lowest BCUT2D eigenvalue weighted by Gasteiger charge is -2.18. The van der Waals surface area contributed by atoms with Crippen molar-refractivity contribution in [3.8, 4) is 11.5 Å². The van der Waals surface area contributed by atoms with Crippen LogP contribution in [0.5, 0.6) is 11.5 Å². The molecule has 0 bridgehead atoms. The number of carbonyl (C=O) groups excluding carboxylic acids is 1. The first-order valence-electron chi connectivity index (χ1n) is 10.7. The Morgan fingerprint density at radius 3 is 2.48 bits per heavy atom. The van der Waals surface area contributed by atoms with Gasteiger partial charge in [-0.2, -0.15) is 0 Å². The van der Waals surface area contributed by atoms with Crippen LogP contribution in [-0.2, 0) is 11.3 Å². The van der Waals surface area contributed by atoms with E-state index in [1.807, 2.05) is 54.8 Å². The van der Waals surface area contributed by atoms with Gasteiger partial charge in [-0.3, -0.25) is 4.79 Å². The van der Waals surface area contributed by atoms with E-state index in [0.29, 0.717) is 33.4 Å². The fourth-order valence-corrected chi connectivity index (χ4v) is 4.14. The van der Waals surface area contributed by atoms with E-state index in [0.717, 1.165) is 17.9 Å². The number of anilines is 1. The summed E-state index contributed by atoms with van der Waals surface area (Å²) < 4.78 is 13.3. The van der Waals surface area contributed by atoms with Crippen molar-refractivity contribution in [2.24, 2.45) is 5.92 Å². The predicted molar refractivity (Wildman–Crippen MR) is 132 cm³/mol. The number of halogens is 1. The van der Waals surface area contributed by atoms with E-state index in [1.54, 1.807) is 13.2 Å². The Bertz CT molecular complexity index is 1090. The second-order valence-electron chi connectivity index (χ2n) is 8.03. The van der Waals surface area contributed by atoms with E-state index in [4.69, 9.17) is 21.1 Å². The number of benzene rings is 2. The van der Waals surface area contributed by atoms with Crippen LogP contribution < -0.4 is 14.8 Å². The molecule has 3 aromatic rings. The number of thioether (sulfide) groups is 1. The van der Waals surface area contributed by atoms with E-state index >= 15 is 0 Å². The molecular weight excluding hydrogens is 460 g/mol. The summed E-state index contributed by atoms with van der Waals surface area (Å²) in [6.07, 6.45) is -0.318. The number of rotatable bonds is 10. The Morgan fingerprint density at radius 2 is 1.82 bits per heavy atom. The molecule has 1 heterocycles. The third-order valence-electron chi connectivity index (χ3n) is 4.90. The van der Waals surface area contributed by atoms with Crippen molar-refractivity contribution in [1.82, 2.24) is 14.8 Å². The van der Waals surface area contributed by atoms with Crippen molar-refractivity contribution in [2.75, 3.05) is 18.2 Å². The van der Waals surface area contributed by atoms with Gasteiger partial charge in [0.15, 0.2) is 17.1 Å². The topological polar surface area (TPSA) is 78.3 Å². The standard InChI is InChI=1S/C24H29ClN4O3S/c1-15(2)13-29-23(17(4)32-19-11-9-18(31-5)10-12-19)27-28-24(29)33-14-22(30)26-21-8-6-7-20(25)16(21)3/h6-12,15,17H,13-14H2,1-5H3,(H,26,30). The van der Waals surface area contributed by atoms with Gasteiger partial charge in [-0.25, -0.2) is 0 Å². The molecule has 0 aliphatic carbocycles. The first kappa shape index (κ1) is 24.9. The molecule has 1 amide bonds. The average molecular weight is 489 g/mol. The minimum absolute atomic E-state index is 0.131. The highest BCUT2D eigenvalue weighted by Gasteiger charge is 2.21. The van der Waals surface area contributed by atoms with Crippen LogP contribution in [0.1, 0.15) is 38.3 Å². The fourth-order valence-electron chi connectivity index (χ4n) is 3.21. The van der Waals surface area contributed by atoms with E-state index in [2.05, 4.69) is 29.4 Å². The lowest BCUT2D eigenvalue weighted by molar-refractivity contribution is -0.113. The maximum atomic E-state index is 12.5. The number of aromatic nitrogens is 3. The van der Waals surface area contributed by atoms with Crippen molar-refractivity contribution in [1.29, 1.82) is 0 Å². The summed E-state index contributed by atoms with van der Waals surface area (Å²) in [7, 11) is 1.63. The zero-order chi connectivity index (χ0) is 24.0. The molecule has 7 nitrogen and oxygen atoms in total. The van der Waals surface area contributed by atoms with Gasteiger partial charge in [0.1, 0.15) is 11.5 Å². The summed E-state index contributed by atoms with van der Waals surface area (Å²) >= 11 is 7.50. The van der Waals surface area contributed by atoms with Crippen molar-refractivity contribution < 1.29 is 14.3 Å². The number of hydrogen-bond donors (Lipinski definition) is 1. The molecule has 0 aliphatic rings. The van der Waals surface area contributed by atoms with E-state index in [-0.39, 0.29) is 17.8 Å². The minimum Gasteiger partial charge on any atom is -0.497 e. The molecule has 0 radical (unpaired) electrons. The Labute approximate surface area is 203 Å². The summed E-state index contributed by atoms with van der Waals surface area (Å²) in [5.74, 6) is 2.64. The Kier molecular flexibility index (Phi) is 8.63. The molecule has 1 N–H and O–H groups in total. The number of amides is 1. The van der Waals surface area contributed by atoms with Crippen molar-refractivity contribution in [3.05, 3.63) is 58.9 Å². The summed E-state index contributed by atoms with van der Waals surface area (Å²) in [4.78, 5) is 12.5. The number of ether oxygens (including phenoxy) is 2. The molecule has 3 rings (SSSR count). The number of methoxy groups -OCH3 is 1. The fraction of sp³-hybridized carbons (Fsp3) is 0.375. The van der Waals surface area contributed by atoms with Crippen LogP contribution in [-0.4, -0.2) is 33.5 Å². The average Bonchev–Trinajstić information content (AvgIpc) is 3.18. The van der Waals surface area contributed by atoms with Gasteiger partial charge in [-0.15, -0.1) is 10.2 Å². The molecule has 0 aliphatic heterocycles. The first-order valence-corrected chi connectivity index (χ1v) is 12.1. The van der Waals surface area contributed by atoms with E-state index in [1.165, 1.54) is 11.8 Å².